The number of anilines is 3. The number of para-hydroxylation sites is 1. The average molecular weight is 351 g/mol. The Morgan fingerprint density at radius 2 is 1.73 bits per heavy atom. The van der Waals surface area contributed by atoms with Crippen molar-refractivity contribution in [3.8, 4) is 0 Å². The fourth-order valence-electron chi connectivity index (χ4n) is 3.25. The first-order chi connectivity index (χ1) is 12.4. The normalized spacial score (nSPS) is 15.3. The first kappa shape index (κ1) is 17.7. The van der Waals surface area contributed by atoms with Crippen LogP contribution in [0.5, 0.6) is 0 Å². The Kier molecular flexibility index (Phi) is 5.02. The van der Waals surface area contributed by atoms with Crippen LogP contribution in [-0.4, -0.2) is 23.8 Å². The third-order valence-electron chi connectivity index (χ3n) is 4.25. The Labute approximate surface area is 152 Å². The largest absolute Gasteiger partial charge is 0.326 e. The number of carbonyl (C=O) groups excluding carboxylic acids is 3. The maximum atomic E-state index is 12.6. The zero-order valence-electron chi connectivity index (χ0n) is 14.8. The predicted octanol–water partition coefficient (Wildman–Crippen LogP) is 2.95. The van der Waals surface area contributed by atoms with Crippen LogP contribution in [0.4, 0.5) is 17.1 Å². The summed E-state index contributed by atoms with van der Waals surface area (Å²) < 4.78 is 0. The van der Waals surface area contributed by atoms with Gasteiger partial charge in [0.05, 0.1) is 0 Å². The SMILES string of the molecule is CC(=O)Nc1cccc(NC(=O)CC(=O)N2c3ccccc3CC2C)c1. The number of benzene rings is 2. The molecule has 0 aliphatic carbocycles. The minimum Gasteiger partial charge on any atom is -0.326 e. The third-order valence-corrected chi connectivity index (χ3v) is 4.25. The number of nitrogens with one attached hydrogen (secondary N) is 2. The molecule has 134 valence electrons. The molecule has 0 spiro atoms. The van der Waals surface area contributed by atoms with E-state index >= 15 is 0 Å². The topological polar surface area (TPSA) is 78.5 Å². The highest BCUT2D eigenvalue weighted by Crippen LogP contribution is 2.32. The summed E-state index contributed by atoms with van der Waals surface area (Å²) in [6.07, 6.45) is 0.561. The van der Waals surface area contributed by atoms with E-state index in [9.17, 15) is 14.4 Å². The summed E-state index contributed by atoms with van der Waals surface area (Å²) in [5, 5.41) is 5.37. The van der Waals surface area contributed by atoms with Gasteiger partial charge >= 0.3 is 0 Å². The molecule has 3 rings (SSSR count). The molecule has 26 heavy (non-hydrogen) atoms. The van der Waals surface area contributed by atoms with E-state index in [2.05, 4.69) is 10.6 Å². The smallest absolute Gasteiger partial charge is 0.236 e. The first-order valence-electron chi connectivity index (χ1n) is 8.51. The van der Waals surface area contributed by atoms with Crippen LogP contribution in [0, 0.1) is 0 Å². The Balaban J connectivity index is 1.65. The lowest BCUT2D eigenvalue weighted by Crippen LogP contribution is -2.37. The van der Waals surface area contributed by atoms with Crippen LogP contribution in [0.2, 0.25) is 0 Å². The highest BCUT2D eigenvalue weighted by Gasteiger charge is 2.31. The van der Waals surface area contributed by atoms with E-state index in [4.69, 9.17) is 0 Å². The van der Waals surface area contributed by atoms with Crippen molar-refractivity contribution < 1.29 is 14.4 Å². The van der Waals surface area contributed by atoms with Crippen molar-refractivity contribution in [1.82, 2.24) is 0 Å². The second-order valence-electron chi connectivity index (χ2n) is 6.43. The van der Waals surface area contributed by atoms with Crippen LogP contribution >= 0.6 is 0 Å². The van der Waals surface area contributed by atoms with E-state index in [1.54, 1.807) is 29.2 Å². The standard InChI is InChI=1S/C20H21N3O3/c1-13-10-15-6-3-4-9-18(15)23(13)20(26)12-19(25)22-17-8-5-7-16(11-17)21-14(2)24/h3-9,11,13H,10,12H2,1-2H3,(H,21,24)(H,22,25). The van der Waals surface area contributed by atoms with Crippen LogP contribution in [0.3, 0.4) is 0 Å². The lowest BCUT2D eigenvalue weighted by Gasteiger charge is -2.22. The Bertz CT molecular complexity index is 863. The van der Waals surface area contributed by atoms with Crippen molar-refractivity contribution in [1.29, 1.82) is 0 Å². The van der Waals surface area contributed by atoms with Gasteiger partial charge in [-0.2, -0.15) is 0 Å². The summed E-state index contributed by atoms with van der Waals surface area (Å²) in [6.45, 7) is 3.39. The molecular weight excluding hydrogens is 330 g/mol. The molecule has 0 saturated carbocycles. The predicted molar refractivity (Wildman–Crippen MR) is 101 cm³/mol. The molecule has 1 atom stereocenters. The molecule has 1 unspecified atom stereocenters. The Morgan fingerprint density at radius 1 is 1.04 bits per heavy atom. The monoisotopic (exact) mass is 351 g/mol. The minimum atomic E-state index is -0.383. The number of rotatable bonds is 4. The highest BCUT2D eigenvalue weighted by atomic mass is 16.2. The van der Waals surface area contributed by atoms with Gasteiger partial charge in [0.1, 0.15) is 6.42 Å². The third kappa shape index (κ3) is 3.91. The van der Waals surface area contributed by atoms with Crippen LogP contribution < -0.4 is 15.5 Å². The summed E-state index contributed by atoms with van der Waals surface area (Å²) in [5.41, 5.74) is 3.12. The zero-order chi connectivity index (χ0) is 18.7. The van der Waals surface area contributed by atoms with Crippen molar-refractivity contribution in [2.45, 2.75) is 32.7 Å². The van der Waals surface area contributed by atoms with Gasteiger partial charge < -0.3 is 15.5 Å². The van der Waals surface area contributed by atoms with Gasteiger partial charge in [0.25, 0.3) is 0 Å². The number of nitrogens with zero attached hydrogens (tertiary/aromatic N) is 1. The summed E-state index contributed by atoms with van der Waals surface area (Å²) in [4.78, 5) is 37.7. The second-order valence-corrected chi connectivity index (χ2v) is 6.43. The number of hydrogen-bond acceptors (Lipinski definition) is 3. The van der Waals surface area contributed by atoms with Crippen molar-refractivity contribution in [3.63, 3.8) is 0 Å². The Morgan fingerprint density at radius 3 is 2.46 bits per heavy atom. The zero-order valence-corrected chi connectivity index (χ0v) is 14.8. The van der Waals surface area contributed by atoms with Gasteiger partial charge in [-0.15, -0.1) is 0 Å². The fourth-order valence-corrected chi connectivity index (χ4v) is 3.25. The van der Waals surface area contributed by atoms with E-state index in [0.717, 1.165) is 17.7 Å². The van der Waals surface area contributed by atoms with Gasteiger partial charge in [0.2, 0.25) is 17.7 Å². The van der Waals surface area contributed by atoms with Crippen LogP contribution in [0.15, 0.2) is 48.5 Å². The van der Waals surface area contributed by atoms with E-state index in [1.807, 2.05) is 31.2 Å². The maximum Gasteiger partial charge on any atom is 0.236 e. The highest BCUT2D eigenvalue weighted by molar-refractivity contribution is 6.10. The molecule has 0 fully saturated rings. The quantitative estimate of drug-likeness (QED) is 0.831. The molecule has 2 N–H and O–H groups in total. The van der Waals surface area contributed by atoms with Crippen LogP contribution in [0.1, 0.15) is 25.8 Å². The molecule has 0 saturated heterocycles. The molecular formula is C20H21N3O3. The van der Waals surface area contributed by atoms with E-state index in [1.165, 1.54) is 6.92 Å². The summed E-state index contributed by atoms with van der Waals surface area (Å²) >= 11 is 0. The number of fused-ring (bicyclic) bond motifs is 1. The van der Waals surface area contributed by atoms with E-state index in [-0.39, 0.29) is 30.2 Å². The van der Waals surface area contributed by atoms with Gasteiger partial charge in [0, 0.05) is 30.0 Å². The molecule has 6 heteroatoms. The van der Waals surface area contributed by atoms with Gasteiger partial charge in [-0.3, -0.25) is 14.4 Å². The lowest BCUT2D eigenvalue weighted by molar-refractivity contribution is -0.125. The number of hydrogen-bond donors (Lipinski definition) is 2. The van der Waals surface area contributed by atoms with E-state index in [0.29, 0.717) is 11.4 Å². The Hall–Kier alpha value is -3.15. The fraction of sp³-hybridized carbons (Fsp3) is 0.250. The molecule has 1 aliphatic rings. The summed E-state index contributed by atoms with van der Waals surface area (Å²) in [5.74, 6) is -0.796. The van der Waals surface area contributed by atoms with Crippen molar-refractivity contribution >= 4 is 34.8 Å². The average Bonchev–Trinajstić information content (AvgIpc) is 2.90. The van der Waals surface area contributed by atoms with E-state index < -0.39 is 0 Å². The molecule has 6 nitrogen and oxygen atoms in total. The van der Waals surface area contributed by atoms with Crippen LogP contribution in [-0.2, 0) is 20.8 Å². The second kappa shape index (κ2) is 7.39. The van der Waals surface area contributed by atoms with Crippen LogP contribution in [0.25, 0.3) is 0 Å². The maximum absolute atomic E-state index is 12.6. The van der Waals surface area contributed by atoms with Crippen molar-refractivity contribution in [3.05, 3.63) is 54.1 Å². The molecule has 0 aromatic heterocycles. The van der Waals surface area contributed by atoms with Gasteiger partial charge in [-0.1, -0.05) is 24.3 Å². The van der Waals surface area contributed by atoms with Crippen molar-refractivity contribution in [2.24, 2.45) is 0 Å². The first-order valence-corrected chi connectivity index (χ1v) is 8.51. The summed E-state index contributed by atoms with van der Waals surface area (Å²) in [7, 11) is 0. The molecule has 1 heterocycles. The molecule has 1 aliphatic heterocycles. The summed E-state index contributed by atoms with van der Waals surface area (Å²) in [6, 6.07) is 14.6. The van der Waals surface area contributed by atoms with Gasteiger partial charge in [-0.25, -0.2) is 0 Å². The molecule has 3 amide bonds. The molecule has 2 aromatic carbocycles. The van der Waals surface area contributed by atoms with Gasteiger partial charge in [0.15, 0.2) is 0 Å². The number of amides is 3. The lowest BCUT2D eigenvalue weighted by atomic mass is 10.1. The van der Waals surface area contributed by atoms with Gasteiger partial charge in [-0.05, 0) is 43.2 Å². The minimum absolute atomic E-state index is 0.0378. The molecule has 2 aromatic rings. The molecule has 0 bridgehead atoms. The number of carbonyl (C=O) groups is 3. The molecule has 0 radical (unpaired) electrons. The van der Waals surface area contributed by atoms with Crippen molar-refractivity contribution in [2.75, 3.05) is 15.5 Å².